The Balaban J connectivity index is 2.06. The van der Waals surface area contributed by atoms with E-state index >= 15 is 0 Å². The molecule has 0 bridgehead atoms. The van der Waals surface area contributed by atoms with Crippen LogP contribution in [-0.4, -0.2) is 32.2 Å². The summed E-state index contributed by atoms with van der Waals surface area (Å²) in [4.78, 5) is 26.5. The number of carboxylic acid groups (broad SMARTS) is 1. The SMILES string of the molecule is CC(NC(=O)c1ccnnc1)c1nc(C(=O)O)cs1. The van der Waals surface area contributed by atoms with Crippen molar-refractivity contribution in [1.82, 2.24) is 20.5 Å². The Morgan fingerprint density at radius 2 is 2.21 bits per heavy atom. The van der Waals surface area contributed by atoms with Gasteiger partial charge < -0.3 is 10.4 Å². The van der Waals surface area contributed by atoms with Crippen LogP contribution in [-0.2, 0) is 0 Å². The van der Waals surface area contributed by atoms with Crippen molar-refractivity contribution >= 4 is 23.2 Å². The third-order valence-corrected chi connectivity index (χ3v) is 3.33. The van der Waals surface area contributed by atoms with Crippen molar-refractivity contribution in [3.05, 3.63) is 40.1 Å². The molecule has 1 unspecified atom stereocenters. The molecule has 0 aliphatic rings. The van der Waals surface area contributed by atoms with Gasteiger partial charge in [-0.25, -0.2) is 9.78 Å². The fraction of sp³-hybridized carbons (Fsp3) is 0.182. The Morgan fingerprint density at radius 1 is 1.42 bits per heavy atom. The molecule has 2 N–H and O–H groups in total. The smallest absolute Gasteiger partial charge is 0.355 e. The zero-order valence-electron chi connectivity index (χ0n) is 9.90. The first-order valence-electron chi connectivity index (χ1n) is 5.34. The number of rotatable bonds is 4. The lowest BCUT2D eigenvalue weighted by Gasteiger charge is -2.10. The molecule has 0 radical (unpaired) electrons. The Hall–Kier alpha value is -2.35. The maximum atomic E-state index is 11.9. The molecule has 1 atom stereocenters. The fourth-order valence-electron chi connectivity index (χ4n) is 1.35. The van der Waals surface area contributed by atoms with Crippen LogP contribution in [0.25, 0.3) is 0 Å². The van der Waals surface area contributed by atoms with E-state index in [1.807, 2.05) is 0 Å². The molecule has 19 heavy (non-hydrogen) atoms. The van der Waals surface area contributed by atoms with E-state index in [1.165, 1.54) is 29.1 Å². The van der Waals surface area contributed by atoms with Gasteiger partial charge in [-0.2, -0.15) is 10.2 Å². The van der Waals surface area contributed by atoms with Gasteiger partial charge in [-0.15, -0.1) is 11.3 Å². The maximum absolute atomic E-state index is 11.9. The van der Waals surface area contributed by atoms with Crippen molar-refractivity contribution < 1.29 is 14.7 Å². The van der Waals surface area contributed by atoms with Crippen LogP contribution >= 0.6 is 11.3 Å². The number of carbonyl (C=O) groups excluding carboxylic acids is 1. The molecule has 0 aliphatic carbocycles. The van der Waals surface area contributed by atoms with Crippen LogP contribution in [0.5, 0.6) is 0 Å². The topological polar surface area (TPSA) is 105 Å². The minimum absolute atomic E-state index is 0.0216. The lowest BCUT2D eigenvalue weighted by molar-refractivity contribution is 0.0691. The number of carboxylic acids is 1. The molecule has 8 heteroatoms. The van der Waals surface area contributed by atoms with Crippen LogP contribution in [0.2, 0.25) is 0 Å². The average Bonchev–Trinajstić information content (AvgIpc) is 2.89. The molecule has 7 nitrogen and oxygen atoms in total. The van der Waals surface area contributed by atoms with Gasteiger partial charge in [0.15, 0.2) is 5.69 Å². The number of nitrogens with zero attached hydrogens (tertiary/aromatic N) is 3. The fourth-order valence-corrected chi connectivity index (χ4v) is 2.15. The van der Waals surface area contributed by atoms with E-state index in [0.717, 1.165) is 0 Å². The van der Waals surface area contributed by atoms with E-state index in [0.29, 0.717) is 10.6 Å². The number of hydrogen-bond donors (Lipinski definition) is 2. The highest BCUT2D eigenvalue weighted by Gasteiger charge is 2.16. The summed E-state index contributed by atoms with van der Waals surface area (Å²) in [5.41, 5.74) is 0.364. The number of hydrogen-bond acceptors (Lipinski definition) is 6. The van der Waals surface area contributed by atoms with E-state index in [4.69, 9.17) is 5.11 Å². The van der Waals surface area contributed by atoms with Gasteiger partial charge in [0.25, 0.3) is 5.91 Å². The maximum Gasteiger partial charge on any atom is 0.355 e. The van der Waals surface area contributed by atoms with E-state index in [1.54, 1.807) is 13.0 Å². The quantitative estimate of drug-likeness (QED) is 0.868. The van der Waals surface area contributed by atoms with Crippen LogP contribution in [0.3, 0.4) is 0 Å². The van der Waals surface area contributed by atoms with E-state index < -0.39 is 5.97 Å². The number of carbonyl (C=O) groups is 2. The molecule has 2 rings (SSSR count). The number of thiazole rings is 1. The van der Waals surface area contributed by atoms with Gasteiger partial charge >= 0.3 is 5.97 Å². The predicted octanol–water partition coefficient (Wildman–Crippen LogP) is 1.12. The minimum Gasteiger partial charge on any atom is -0.476 e. The molecule has 2 heterocycles. The first-order chi connectivity index (χ1) is 9.08. The highest BCUT2D eigenvalue weighted by atomic mass is 32.1. The Bertz CT molecular complexity index is 599. The summed E-state index contributed by atoms with van der Waals surface area (Å²) in [6.45, 7) is 1.73. The first kappa shape index (κ1) is 13.1. The van der Waals surface area contributed by atoms with Crippen LogP contribution in [0, 0.1) is 0 Å². The van der Waals surface area contributed by atoms with Crippen LogP contribution in [0.15, 0.2) is 23.8 Å². The molecular weight excluding hydrogens is 268 g/mol. The second-order valence-electron chi connectivity index (χ2n) is 3.70. The van der Waals surface area contributed by atoms with Crippen molar-refractivity contribution in [2.45, 2.75) is 13.0 Å². The normalized spacial score (nSPS) is 11.8. The average molecular weight is 278 g/mol. The monoisotopic (exact) mass is 278 g/mol. The molecule has 0 fully saturated rings. The molecule has 2 aromatic rings. The standard InChI is InChI=1S/C11H10N4O3S/c1-6(10-15-8(5-19-10)11(17)18)14-9(16)7-2-3-12-13-4-7/h2-6H,1H3,(H,14,16)(H,17,18). The third kappa shape index (κ3) is 3.10. The van der Waals surface area contributed by atoms with Crippen molar-refractivity contribution in [3.63, 3.8) is 0 Å². The van der Waals surface area contributed by atoms with Crippen LogP contribution < -0.4 is 5.32 Å². The summed E-state index contributed by atoms with van der Waals surface area (Å²) in [7, 11) is 0. The summed E-state index contributed by atoms with van der Waals surface area (Å²) in [6.07, 6.45) is 2.78. The summed E-state index contributed by atoms with van der Waals surface area (Å²) in [5.74, 6) is -1.39. The molecule has 0 saturated heterocycles. The molecule has 0 aromatic carbocycles. The van der Waals surface area contributed by atoms with E-state index in [9.17, 15) is 9.59 Å². The number of amides is 1. The lowest BCUT2D eigenvalue weighted by atomic mass is 10.2. The second kappa shape index (κ2) is 5.53. The molecular formula is C11H10N4O3S. The first-order valence-corrected chi connectivity index (χ1v) is 6.22. The van der Waals surface area contributed by atoms with E-state index in [2.05, 4.69) is 20.5 Å². The van der Waals surface area contributed by atoms with E-state index in [-0.39, 0.29) is 17.6 Å². The molecule has 0 aliphatic heterocycles. The summed E-state index contributed by atoms with van der Waals surface area (Å²) in [6, 6.07) is 1.17. The highest BCUT2D eigenvalue weighted by Crippen LogP contribution is 2.18. The van der Waals surface area contributed by atoms with Gasteiger partial charge in [0.2, 0.25) is 0 Å². The molecule has 2 aromatic heterocycles. The van der Waals surface area contributed by atoms with Gasteiger partial charge in [-0.1, -0.05) is 0 Å². The Kier molecular flexibility index (Phi) is 3.81. The van der Waals surface area contributed by atoms with Gasteiger partial charge in [0.05, 0.1) is 24.0 Å². The Morgan fingerprint density at radius 3 is 2.79 bits per heavy atom. The van der Waals surface area contributed by atoms with Gasteiger partial charge in [0.1, 0.15) is 5.01 Å². The van der Waals surface area contributed by atoms with Crippen molar-refractivity contribution in [2.24, 2.45) is 0 Å². The largest absolute Gasteiger partial charge is 0.476 e. The highest BCUT2D eigenvalue weighted by molar-refractivity contribution is 7.09. The van der Waals surface area contributed by atoms with Crippen molar-refractivity contribution in [3.8, 4) is 0 Å². The van der Waals surface area contributed by atoms with Gasteiger partial charge in [-0.05, 0) is 13.0 Å². The molecule has 1 amide bonds. The summed E-state index contributed by atoms with van der Waals surface area (Å²) in [5, 5.41) is 20.7. The number of nitrogens with one attached hydrogen (secondary N) is 1. The zero-order valence-corrected chi connectivity index (χ0v) is 10.7. The van der Waals surface area contributed by atoms with Gasteiger partial charge in [0, 0.05) is 5.38 Å². The van der Waals surface area contributed by atoms with Crippen LogP contribution in [0.1, 0.15) is 38.8 Å². The lowest BCUT2D eigenvalue weighted by Crippen LogP contribution is -2.26. The van der Waals surface area contributed by atoms with Crippen molar-refractivity contribution in [2.75, 3.05) is 0 Å². The number of aromatic nitrogens is 3. The summed E-state index contributed by atoms with van der Waals surface area (Å²) < 4.78 is 0. The molecule has 0 saturated carbocycles. The molecule has 98 valence electrons. The zero-order chi connectivity index (χ0) is 13.8. The van der Waals surface area contributed by atoms with Gasteiger partial charge in [-0.3, -0.25) is 4.79 Å². The van der Waals surface area contributed by atoms with Crippen LogP contribution in [0.4, 0.5) is 0 Å². The Labute approximate surface area is 112 Å². The minimum atomic E-state index is -1.08. The van der Waals surface area contributed by atoms with Crippen molar-refractivity contribution in [1.29, 1.82) is 0 Å². The number of aromatic carboxylic acids is 1. The second-order valence-corrected chi connectivity index (χ2v) is 4.59. The molecule has 0 spiro atoms. The summed E-state index contributed by atoms with van der Waals surface area (Å²) >= 11 is 1.19. The third-order valence-electron chi connectivity index (χ3n) is 2.31. The predicted molar refractivity (Wildman–Crippen MR) is 67.0 cm³/mol.